The van der Waals surface area contributed by atoms with Gasteiger partial charge in [0.05, 0.1) is 19.6 Å². The van der Waals surface area contributed by atoms with Gasteiger partial charge in [-0.15, -0.1) is 0 Å². The number of para-hydroxylation sites is 2. The lowest BCUT2D eigenvalue weighted by Crippen LogP contribution is -2.40. The van der Waals surface area contributed by atoms with Crippen LogP contribution in [0.15, 0.2) is 52.9 Å². The Morgan fingerprint density at radius 3 is 3.04 bits per heavy atom. The van der Waals surface area contributed by atoms with E-state index in [-0.39, 0.29) is 11.9 Å². The Bertz CT molecular complexity index is 904. The highest BCUT2D eigenvalue weighted by molar-refractivity contribution is 5.79. The smallest absolute Gasteiger partial charge is 0.298 e. The summed E-state index contributed by atoms with van der Waals surface area (Å²) in [7, 11) is 1.62. The predicted molar refractivity (Wildman–Crippen MR) is 104 cm³/mol. The Balaban J connectivity index is 1.37. The number of amides is 1. The number of anilines is 1. The van der Waals surface area contributed by atoms with Gasteiger partial charge in [0.15, 0.2) is 5.58 Å². The van der Waals surface area contributed by atoms with Crippen LogP contribution in [0.5, 0.6) is 5.75 Å². The second kappa shape index (κ2) is 7.70. The topological polar surface area (TPSA) is 67.6 Å². The lowest BCUT2D eigenvalue weighted by atomic mass is 10.1. The summed E-state index contributed by atoms with van der Waals surface area (Å²) in [5.74, 6) is 0.769. The molecule has 1 aliphatic heterocycles. The first-order valence-corrected chi connectivity index (χ1v) is 9.25. The van der Waals surface area contributed by atoms with Crippen molar-refractivity contribution in [1.29, 1.82) is 0 Å². The standard InChI is InChI=1S/C21H23N3O3/c1-26-17-8-4-6-15(12-17)13-20(25)22-14-16-7-5-11-24(16)21-23-18-9-2-3-10-19(18)27-21/h2-4,6,8-10,12,16H,5,7,11,13-14H2,1H3,(H,22,25). The average Bonchev–Trinajstić information content (AvgIpc) is 3.32. The van der Waals surface area contributed by atoms with Crippen LogP contribution in [0.3, 0.4) is 0 Å². The number of nitrogens with one attached hydrogen (secondary N) is 1. The van der Waals surface area contributed by atoms with Crippen LogP contribution in [0.2, 0.25) is 0 Å². The van der Waals surface area contributed by atoms with E-state index in [0.717, 1.165) is 41.8 Å². The van der Waals surface area contributed by atoms with Crippen LogP contribution in [0.4, 0.5) is 6.01 Å². The quantitative estimate of drug-likeness (QED) is 0.727. The number of ether oxygens (including phenoxy) is 1. The van der Waals surface area contributed by atoms with Crippen molar-refractivity contribution in [2.45, 2.75) is 25.3 Å². The molecule has 0 aliphatic carbocycles. The van der Waals surface area contributed by atoms with Gasteiger partial charge in [0, 0.05) is 13.1 Å². The van der Waals surface area contributed by atoms with Crippen molar-refractivity contribution >= 4 is 23.0 Å². The van der Waals surface area contributed by atoms with Crippen molar-refractivity contribution in [2.75, 3.05) is 25.1 Å². The van der Waals surface area contributed by atoms with E-state index in [1.54, 1.807) is 7.11 Å². The molecular formula is C21H23N3O3. The summed E-state index contributed by atoms with van der Waals surface area (Å²) < 4.78 is 11.1. The normalized spacial score (nSPS) is 16.6. The molecule has 1 fully saturated rings. The number of carbonyl (C=O) groups is 1. The second-order valence-electron chi connectivity index (χ2n) is 6.79. The van der Waals surface area contributed by atoms with Crippen LogP contribution in [0.25, 0.3) is 11.1 Å². The fraction of sp³-hybridized carbons (Fsp3) is 0.333. The number of nitrogens with zero attached hydrogens (tertiary/aromatic N) is 2. The minimum atomic E-state index is 0.00710. The Kier molecular flexibility index (Phi) is 4.96. The lowest BCUT2D eigenvalue weighted by molar-refractivity contribution is -0.120. The summed E-state index contributed by atoms with van der Waals surface area (Å²) in [4.78, 5) is 19.1. The molecule has 0 spiro atoms. The van der Waals surface area contributed by atoms with Crippen molar-refractivity contribution in [3.8, 4) is 5.75 Å². The maximum atomic E-state index is 12.3. The van der Waals surface area contributed by atoms with E-state index in [4.69, 9.17) is 9.15 Å². The highest BCUT2D eigenvalue weighted by Gasteiger charge is 2.28. The first-order chi connectivity index (χ1) is 13.2. The molecule has 1 aliphatic rings. The molecule has 6 heteroatoms. The zero-order valence-corrected chi connectivity index (χ0v) is 15.4. The molecule has 2 aromatic carbocycles. The molecule has 27 heavy (non-hydrogen) atoms. The van der Waals surface area contributed by atoms with E-state index in [2.05, 4.69) is 15.2 Å². The van der Waals surface area contributed by atoms with Crippen molar-refractivity contribution in [1.82, 2.24) is 10.3 Å². The molecule has 4 rings (SSSR count). The molecule has 1 N–H and O–H groups in total. The van der Waals surface area contributed by atoms with E-state index in [1.807, 2.05) is 48.5 Å². The third-order valence-electron chi connectivity index (χ3n) is 4.94. The van der Waals surface area contributed by atoms with Crippen LogP contribution in [0.1, 0.15) is 18.4 Å². The molecule has 3 aromatic rings. The molecule has 1 aromatic heterocycles. The van der Waals surface area contributed by atoms with Gasteiger partial charge >= 0.3 is 0 Å². The highest BCUT2D eigenvalue weighted by atomic mass is 16.5. The van der Waals surface area contributed by atoms with Gasteiger partial charge in [-0.2, -0.15) is 4.98 Å². The molecule has 1 amide bonds. The summed E-state index contributed by atoms with van der Waals surface area (Å²) in [6.07, 6.45) is 2.42. The lowest BCUT2D eigenvalue weighted by Gasteiger charge is -2.23. The van der Waals surface area contributed by atoms with Gasteiger partial charge in [-0.05, 0) is 42.7 Å². The van der Waals surface area contributed by atoms with Crippen LogP contribution in [0, 0.1) is 0 Å². The van der Waals surface area contributed by atoms with Crippen LogP contribution >= 0.6 is 0 Å². The molecule has 2 heterocycles. The fourth-order valence-corrected chi connectivity index (χ4v) is 3.54. The highest BCUT2D eigenvalue weighted by Crippen LogP contribution is 2.28. The Morgan fingerprint density at radius 2 is 2.19 bits per heavy atom. The molecule has 0 bridgehead atoms. The summed E-state index contributed by atoms with van der Waals surface area (Å²) >= 11 is 0. The summed E-state index contributed by atoms with van der Waals surface area (Å²) in [5.41, 5.74) is 2.59. The van der Waals surface area contributed by atoms with E-state index in [9.17, 15) is 4.79 Å². The zero-order chi connectivity index (χ0) is 18.6. The van der Waals surface area contributed by atoms with E-state index in [1.165, 1.54) is 0 Å². The maximum Gasteiger partial charge on any atom is 0.298 e. The van der Waals surface area contributed by atoms with Crippen molar-refractivity contribution in [2.24, 2.45) is 0 Å². The largest absolute Gasteiger partial charge is 0.497 e. The van der Waals surface area contributed by atoms with Crippen LogP contribution in [-0.4, -0.2) is 37.1 Å². The molecule has 0 radical (unpaired) electrons. The SMILES string of the molecule is COc1cccc(CC(=O)NCC2CCCN2c2nc3ccccc3o2)c1. The predicted octanol–water partition coefficient (Wildman–Crippen LogP) is 3.16. The minimum absolute atomic E-state index is 0.00710. The number of hydrogen-bond acceptors (Lipinski definition) is 5. The first-order valence-electron chi connectivity index (χ1n) is 9.25. The Labute approximate surface area is 158 Å². The van der Waals surface area contributed by atoms with Crippen molar-refractivity contribution in [3.63, 3.8) is 0 Å². The molecular weight excluding hydrogens is 342 g/mol. The Hall–Kier alpha value is -3.02. The number of benzene rings is 2. The molecule has 6 nitrogen and oxygen atoms in total. The average molecular weight is 365 g/mol. The van der Waals surface area contributed by atoms with Gasteiger partial charge < -0.3 is 19.4 Å². The minimum Gasteiger partial charge on any atom is -0.497 e. The van der Waals surface area contributed by atoms with Gasteiger partial charge in [-0.25, -0.2) is 0 Å². The van der Waals surface area contributed by atoms with Gasteiger partial charge in [-0.1, -0.05) is 24.3 Å². The molecule has 0 saturated carbocycles. The summed E-state index contributed by atoms with van der Waals surface area (Å²) in [6, 6.07) is 16.2. The molecule has 1 atom stereocenters. The van der Waals surface area contributed by atoms with Gasteiger partial charge in [0.25, 0.3) is 6.01 Å². The monoisotopic (exact) mass is 365 g/mol. The number of oxazole rings is 1. The van der Waals surface area contributed by atoms with Crippen molar-refractivity contribution < 1.29 is 13.9 Å². The summed E-state index contributed by atoms with van der Waals surface area (Å²) in [5, 5.41) is 3.05. The Morgan fingerprint density at radius 1 is 1.30 bits per heavy atom. The van der Waals surface area contributed by atoms with E-state index >= 15 is 0 Å². The van der Waals surface area contributed by atoms with Crippen LogP contribution in [-0.2, 0) is 11.2 Å². The fourth-order valence-electron chi connectivity index (χ4n) is 3.54. The summed E-state index contributed by atoms with van der Waals surface area (Å²) in [6.45, 7) is 1.48. The molecule has 1 unspecified atom stereocenters. The number of methoxy groups -OCH3 is 1. The van der Waals surface area contributed by atoms with Gasteiger partial charge in [-0.3, -0.25) is 4.79 Å². The maximum absolute atomic E-state index is 12.3. The number of hydrogen-bond donors (Lipinski definition) is 1. The number of fused-ring (bicyclic) bond motifs is 1. The van der Waals surface area contributed by atoms with Gasteiger partial charge in [0.2, 0.25) is 5.91 Å². The zero-order valence-electron chi connectivity index (χ0n) is 15.4. The van der Waals surface area contributed by atoms with Crippen molar-refractivity contribution in [3.05, 3.63) is 54.1 Å². The third-order valence-corrected chi connectivity index (χ3v) is 4.94. The molecule has 140 valence electrons. The number of carbonyl (C=O) groups excluding carboxylic acids is 1. The second-order valence-corrected chi connectivity index (χ2v) is 6.79. The van der Waals surface area contributed by atoms with Gasteiger partial charge in [0.1, 0.15) is 11.3 Å². The van der Waals surface area contributed by atoms with E-state index < -0.39 is 0 Å². The first kappa shape index (κ1) is 17.4. The van der Waals surface area contributed by atoms with Crippen LogP contribution < -0.4 is 15.0 Å². The number of aromatic nitrogens is 1. The number of rotatable bonds is 6. The van der Waals surface area contributed by atoms with E-state index in [0.29, 0.717) is 19.0 Å². The third kappa shape index (κ3) is 3.89. The molecule has 1 saturated heterocycles.